The maximum atomic E-state index is 5.63. The van der Waals surface area contributed by atoms with Crippen molar-refractivity contribution < 1.29 is 9.26 Å². The van der Waals surface area contributed by atoms with Crippen LogP contribution in [0.2, 0.25) is 0 Å². The largest absolute Gasteiger partial charge is 0.485 e. The molecule has 0 unspecified atom stereocenters. The third-order valence-corrected chi connectivity index (χ3v) is 2.60. The lowest BCUT2D eigenvalue weighted by atomic mass is 10.2. The molecule has 1 aromatic heterocycles. The third kappa shape index (κ3) is 2.62. The van der Waals surface area contributed by atoms with E-state index >= 15 is 0 Å². The molecule has 0 saturated carbocycles. The molecule has 2 aromatic rings. The molecule has 0 aliphatic rings. The van der Waals surface area contributed by atoms with E-state index in [9.17, 15) is 0 Å². The monoisotopic (exact) mass is 282 g/mol. The highest BCUT2D eigenvalue weighted by Gasteiger charge is 2.04. The van der Waals surface area contributed by atoms with Crippen LogP contribution in [0.5, 0.6) is 5.75 Å². The summed E-state index contributed by atoms with van der Waals surface area (Å²) >= 11 is 3.39. The fraction of sp³-hybridized carbons (Fsp3) is 0.182. The number of halogens is 1. The van der Waals surface area contributed by atoms with Gasteiger partial charge in [-0.15, -0.1) is 0 Å². The summed E-state index contributed by atoms with van der Waals surface area (Å²) < 4.78 is 11.5. The maximum Gasteiger partial charge on any atom is 0.174 e. The van der Waals surface area contributed by atoms with Crippen molar-refractivity contribution in [3.63, 3.8) is 0 Å². The van der Waals surface area contributed by atoms with Crippen LogP contribution in [0.3, 0.4) is 0 Å². The molecule has 5 heteroatoms. The normalized spacial score (nSPS) is 10.4. The lowest BCUT2D eigenvalue weighted by molar-refractivity contribution is 0.247. The number of nitrogens with zero attached hydrogens (tertiary/aromatic N) is 1. The topological polar surface area (TPSA) is 61.3 Å². The van der Waals surface area contributed by atoms with Gasteiger partial charge in [-0.1, -0.05) is 21.1 Å². The summed E-state index contributed by atoms with van der Waals surface area (Å²) in [7, 11) is 0. The minimum atomic E-state index is 0.356. The first kappa shape index (κ1) is 11.2. The second-order valence-electron chi connectivity index (χ2n) is 3.22. The molecule has 16 heavy (non-hydrogen) atoms. The zero-order valence-electron chi connectivity index (χ0n) is 8.52. The smallest absolute Gasteiger partial charge is 0.174 e. The second kappa shape index (κ2) is 5.14. The SMILES string of the molecule is NCc1cc(Br)ccc1OCc1ccno1. The van der Waals surface area contributed by atoms with Crippen LogP contribution in [0.25, 0.3) is 0 Å². The van der Waals surface area contributed by atoms with E-state index in [0.717, 1.165) is 15.8 Å². The first-order valence-electron chi connectivity index (χ1n) is 4.80. The molecule has 0 spiro atoms. The van der Waals surface area contributed by atoms with Crippen LogP contribution in [-0.2, 0) is 13.2 Å². The van der Waals surface area contributed by atoms with E-state index in [1.165, 1.54) is 0 Å². The number of rotatable bonds is 4. The molecule has 0 aliphatic heterocycles. The summed E-state index contributed by atoms with van der Waals surface area (Å²) in [6.07, 6.45) is 1.59. The van der Waals surface area contributed by atoms with Crippen molar-refractivity contribution in [2.24, 2.45) is 5.73 Å². The van der Waals surface area contributed by atoms with Crippen LogP contribution in [0, 0.1) is 0 Å². The zero-order chi connectivity index (χ0) is 11.4. The molecule has 2 rings (SSSR count). The summed E-state index contributed by atoms with van der Waals surface area (Å²) in [5.41, 5.74) is 6.58. The van der Waals surface area contributed by atoms with Crippen molar-refractivity contribution in [3.05, 3.63) is 46.3 Å². The van der Waals surface area contributed by atoms with Gasteiger partial charge in [0.05, 0.1) is 6.20 Å². The highest BCUT2D eigenvalue weighted by Crippen LogP contribution is 2.23. The number of hydrogen-bond acceptors (Lipinski definition) is 4. The van der Waals surface area contributed by atoms with Gasteiger partial charge in [0, 0.05) is 22.6 Å². The Kier molecular flexibility index (Phi) is 3.58. The Bertz CT molecular complexity index is 457. The summed E-state index contributed by atoms with van der Waals surface area (Å²) in [6, 6.07) is 7.49. The van der Waals surface area contributed by atoms with Crippen molar-refractivity contribution in [2.45, 2.75) is 13.2 Å². The predicted molar refractivity (Wildman–Crippen MR) is 62.9 cm³/mol. The second-order valence-corrected chi connectivity index (χ2v) is 4.14. The van der Waals surface area contributed by atoms with Crippen LogP contribution < -0.4 is 10.5 Å². The molecule has 84 valence electrons. The fourth-order valence-electron chi connectivity index (χ4n) is 1.31. The lowest BCUT2D eigenvalue weighted by Gasteiger charge is -2.09. The minimum Gasteiger partial charge on any atom is -0.485 e. The molecule has 4 nitrogen and oxygen atoms in total. The molecule has 1 heterocycles. The Hall–Kier alpha value is -1.33. The van der Waals surface area contributed by atoms with Gasteiger partial charge < -0.3 is 15.0 Å². The van der Waals surface area contributed by atoms with Gasteiger partial charge in [0.2, 0.25) is 0 Å². The molecule has 0 amide bonds. The average Bonchev–Trinajstić information content (AvgIpc) is 2.80. The quantitative estimate of drug-likeness (QED) is 0.936. The van der Waals surface area contributed by atoms with Crippen LogP contribution in [0.1, 0.15) is 11.3 Å². The van der Waals surface area contributed by atoms with Gasteiger partial charge >= 0.3 is 0 Å². The van der Waals surface area contributed by atoms with Crippen molar-refractivity contribution >= 4 is 15.9 Å². The lowest BCUT2D eigenvalue weighted by Crippen LogP contribution is -2.02. The molecule has 0 saturated heterocycles. The minimum absolute atomic E-state index is 0.356. The molecule has 0 bridgehead atoms. The summed E-state index contributed by atoms with van der Waals surface area (Å²) in [5, 5.41) is 3.60. The van der Waals surface area contributed by atoms with Crippen molar-refractivity contribution in [3.8, 4) is 5.75 Å². The van der Waals surface area contributed by atoms with E-state index in [4.69, 9.17) is 15.0 Å². The first-order valence-corrected chi connectivity index (χ1v) is 5.60. The molecular formula is C11H11BrN2O2. The number of ether oxygens (including phenoxy) is 1. The molecular weight excluding hydrogens is 272 g/mol. The number of nitrogens with two attached hydrogens (primary N) is 1. The summed E-state index contributed by atoms with van der Waals surface area (Å²) in [5.74, 6) is 1.45. The van der Waals surface area contributed by atoms with Gasteiger partial charge in [-0.2, -0.15) is 0 Å². The zero-order valence-corrected chi connectivity index (χ0v) is 10.1. The van der Waals surface area contributed by atoms with E-state index < -0.39 is 0 Å². The first-order chi connectivity index (χ1) is 7.79. The van der Waals surface area contributed by atoms with Gasteiger partial charge in [-0.05, 0) is 18.2 Å². The molecule has 0 aliphatic carbocycles. The molecule has 1 aromatic carbocycles. The van der Waals surface area contributed by atoms with Gasteiger partial charge in [0.25, 0.3) is 0 Å². The Balaban J connectivity index is 2.09. The van der Waals surface area contributed by atoms with E-state index in [1.807, 2.05) is 18.2 Å². The van der Waals surface area contributed by atoms with Crippen LogP contribution >= 0.6 is 15.9 Å². The Morgan fingerprint density at radius 1 is 1.38 bits per heavy atom. The Labute approximate surface area is 102 Å². The molecule has 0 fully saturated rings. The summed E-state index contributed by atoms with van der Waals surface area (Å²) in [4.78, 5) is 0. The highest BCUT2D eigenvalue weighted by atomic mass is 79.9. The highest BCUT2D eigenvalue weighted by molar-refractivity contribution is 9.10. The predicted octanol–water partition coefficient (Wildman–Crippen LogP) is 2.47. The van der Waals surface area contributed by atoms with E-state index in [-0.39, 0.29) is 0 Å². The maximum absolute atomic E-state index is 5.63. The van der Waals surface area contributed by atoms with E-state index in [0.29, 0.717) is 18.9 Å². The van der Waals surface area contributed by atoms with Crippen LogP contribution in [0.4, 0.5) is 0 Å². The molecule has 2 N–H and O–H groups in total. The van der Waals surface area contributed by atoms with Crippen LogP contribution in [0.15, 0.2) is 39.5 Å². The fourth-order valence-corrected chi connectivity index (χ4v) is 1.72. The van der Waals surface area contributed by atoms with E-state index in [1.54, 1.807) is 12.3 Å². The summed E-state index contributed by atoms with van der Waals surface area (Å²) in [6.45, 7) is 0.791. The van der Waals surface area contributed by atoms with Gasteiger partial charge in [-0.25, -0.2) is 0 Å². The van der Waals surface area contributed by atoms with Crippen molar-refractivity contribution in [1.82, 2.24) is 5.16 Å². The average molecular weight is 283 g/mol. The molecule has 0 atom stereocenters. The Morgan fingerprint density at radius 3 is 2.94 bits per heavy atom. The number of hydrogen-bond donors (Lipinski definition) is 1. The van der Waals surface area contributed by atoms with Gasteiger partial charge in [-0.3, -0.25) is 0 Å². The van der Waals surface area contributed by atoms with E-state index in [2.05, 4.69) is 21.1 Å². The van der Waals surface area contributed by atoms with Crippen molar-refractivity contribution in [2.75, 3.05) is 0 Å². The Morgan fingerprint density at radius 2 is 2.25 bits per heavy atom. The standard InChI is InChI=1S/C11H11BrN2O2/c12-9-1-2-11(8(5-9)6-13)15-7-10-3-4-14-16-10/h1-5H,6-7,13H2. The molecule has 0 radical (unpaired) electrons. The van der Waals surface area contributed by atoms with Gasteiger partial charge in [0.1, 0.15) is 12.4 Å². The third-order valence-electron chi connectivity index (χ3n) is 2.10. The van der Waals surface area contributed by atoms with Gasteiger partial charge in [0.15, 0.2) is 5.76 Å². The van der Waals surface area contributed by atoms with Crippen LogP contribution in [-0.4, -0.2) is 5.16 Å². The van der Waals surface area contributed by atoms with Crippen molar-refractivity contribution in [1.29, 1.82) is 0 Å². The number of benzene rings is 1. The number of aromatic nitrogens is 1.